The van der Waals surface area contributed by atoms with Crippen LogP contribution in [-0.2, 0) is 26.0 Å². The van der Waals surface area contributed by atoms with E-state index in [0.29, 0.717) is 21.1 Å². The molecule has 6 N–H and O–H groups in total. The zero-order valence-electron chi connectivity index (χ0n) is 27.6. The number of carbonyl (C=O) groups is 3. The van der Waals surface area contributed by atoms with Gasteiger partial charge in [-0.25, -0.2) is 17.9 Å². The molecule has 12 nitrogen and oxygen atoms in total. The molecule has 1 aliphatic rings. The number of ether oxygens (including phenoxy) is 2. The number of nitrogens with one attached hydrogen (secondary N) is 2. The molecule has 1 aliphatic heterocycles. The van der Waals surface area contributed by atoms with E-state index >= 15 is 0 Å². The lowest BCUT2D eigenvalue weighted by atomic mass is 9.88. The first-order chi connectivity index (χ1) is 21.1. The fraction of sp³-hybridized carbons (Fsp3) is 0.500. The van der Waals surface area contributed by atoms with Gasteiger partial charge in [-0.2, -0.15) is 0 Å². The topological polar surface area (TPSA) is 192 Å². The van der Waals surface area contributed by atoms with Gasteiger partial charge in [-0.05, 0) is 144 Å². The maximum Gasteiger partial charge on any atom is 0.329 e. The number of aliphatic imine (C=N–C) groups is 1. The van der Waals surface area contributed by atoms with Crippen LogP contribution in [0.4, 0.5) is 0 Å². The number of guanidine groups is 1. The lowest BCUT2D eigenvalue weighted by Crippen LogP contribution is -2.44. The molecule has 3 rings (SSSR count). The second-order valence-electron chi connectivity index (χ2n) is 13.0. The normalized spacial score (nSPS) is 15.3. The number of fused-ring (bicyclic) bond motifs is 1. The van der Waals surface area contributed by atoms with Crippen molar-refractivity contribution in [1.82, 2.24) is 10.0 Å². The van der Waals surface area contributed by atoms with Crippen LogP contribution in [0.3, 0.4) is 0 Å². The number of rotatable bonds is 10. The molecule has 1 atom stereocenters. The Morgan fingerprint density at radius 3 is 2.35 bits per heavy atom. The summed E-state index contributed by atoms with van der Waals surface area (Å²) in [6.07, 6.45) is 1.85. The average Bonchev–Trinajstić information content (AvgIpc) is 2.91. The summed E-state index contributed by atoms with van der Waals surface area (Å²) in [5.74, 6) is -1.36. The van der Waals surface area contributed by atoms with Crippen molar-refractivity contribution in [2.45, 2.75) is 103 Å². The van der Waals surface area contributed by atoms with Crippen LogP contribution >= 0.6 is 22.6 Å². The number of sulfonamides is 1. The van der Waals surface area contributed by atoms with Crippen molar-refractivity contribution in [1.29, 1.82) is 0 Å². The minimum atomic E-state index is -4.07. The summed E-state index contributed by atoms with van der Waals surface area (Å²) < 4.78 is 41.6. The van der Waals surface area contributed by atoms with Gasteiger partial charge in [0.05, 0.1) is 10.5 Å². The second kappa shape index (κ2) is 14.2. The predicted molar refractivity (Wildman–Crippen MR) is 185 cm³/mol. The molecule has 2 aromatic rings. The SMILES string of the molecule is Cc1c(C)c(S(=O)(=O)NC(N)=NCCC[C@H](NC(=O)c2ccc(C(N)=O)c(I)c2)C(=O)OC(C)(C)C)c(C)c2c1OC(C)(C)CC2. The Hall–Kier alpha value is -3.40. The highest BCUT2D eigenvalue weighted by Crippen LogP contribution is 2.42. The smallest absolute Gasteiger partial charge is 0.329 e. The van der Waals surface area contributed by atoms with Crippen LogP contribution in [0.25, 0.3) is 0 Å². The molecule has 1 heterocycles. The van der Waals surface area contributed by atoms with Crippen LogP contribution in [0.1, 0.15) is 96.9 Å². The first-order valence-corrected chi connectivity index (χ1v) is 17.5. The van der Waals surface area contributed by atoms with Gasteiger partial charge in [0.2, 0.25) is 11.9 Å². The van der Waals surface area contributed by atoms with Crippen LogP contribution in [0.2, 0.25) is 0 Å². The van der Waals surface area contributed by atoms with E-state index in [1.807, 2.05) is 43.4 Å². The number of amides is 2. The summed E-state index contributed by atoms with van der Waals surface area (Å²) in [5.41, 5.74) is 13.6. The fourth-order valence-corrected chi connectivity index (χ4v) is 7.49. The molecule has 46 heavy (non-hydrogen) atoms. The van der Waals surface area contributed by atoms with Gasteiger partial charge in [-0.15, -0.1) is 0 Å². The number of hydrogen-bond acceptors (Lipinski definition) is 8. The monoisotopic (exact) mass is 769 g/mol. The molecule has 0 aromatic heterocycles. The summed E-state index contributed by atoms with van der Waals surface area (Å²) in [5, 5.41) is 2.69. The van der Waals surface area contributed by atoms with Gasteiger partial charge in [-0.3, -0.25) is 14.6 Å². The first kappa shape index (κ1) is 37.1. The maximum absolute atomic E-state index is 13.5. The third-order valence-electron chi connectivity index (χ3n) is 7.60. The van der Waals surface area contributed by atoms with E-state index < -0.39 is 39.4 Å². The van der Waals surface area contributed by atoms with Gasteiger partial charge < -0.3 is 26.3 Å². The number of esters is 1. The Morgan fingerprint density at radius 1 is 1.11 bits per heavy atom. The van der Waals surface area contributed by atoms with Crippen LogP contribution in [0.5, 0.6) is 5.75 Å². The van der Waals surface area contributed by atoms with E-state index in [9.17, 15) is 22.8 Å². The third-order valence-corrected chi connectivity index (χ3v) is 10.1. The van der Waals surface area contributed by atoms with Crippen molar-refractivity contribution >= 4 is 56.4 Å². The molecule has 2 amide bonds. The van der Waals surface area contributed by atoms with Gasteiger partial charge in [0.1, 0.15) is 23.0 Å². The number of halogens is 1. The Morgan fingerprint density at radius 2 is 1.76 bits per heavy atom. The minimum Gasteiger partial charge on any atom is -0.487 e. The van der Waals surface area contributed by atoms with Crippen molar-refractivity contribution < 1.29 is 32.3 Å². The molecule has 0 unspecified atom stereocenters. The summed E-state index contributed by atoms with van der Waals surface area (Å²) in [6, 6.07) is 3.37. The van der Waals surface area contributed by atoms with Crippen molar-refractivity contribution in [2.75, 3.05) is 6.54 Å². The van der Waals surface area contributed by atoms with E-state index in [4.69, 9.17) is 20.9 Å². The summed E-state index contributed by atoms with van der Waals surface area (Å²) in [4.78, 5) is 41.9. The van der Waals surface area contributed by atoms with E-state index in [0.717, 1.165) is 23.3 Å². The number of benzene rings is 2. The molecule has 0 saturated carbocycles. The lowest BCUT2D eigenvalue weighted by molar-refractivity contribution is -0.157. The van der Waals surface area contributed by atoms with Gasteiger partial charge in [0, 0.05) is 15.7 Å². The largest absolute Gasteiger partial charge is 0.487 e. The van der Waals surface area contributed by atoms with Crippen LogP contribution in [0.15, 0.2) is 28.1 Å². The number of hydrogen-bond donors (Lipinski definition) is 4. The highest BCUT2D eigenvalue weighted by Gasteiger charge is 2.34. The second-order valence-corrected chi connectivity index (χ2v) is 15.8. The molecule has 0 spiro atoms. The van der Waals surface area contributed by atoms with Crippen molar-refractivity contribution in [2.24, 2.45) is 16.5 Å². The third kappa shape index (κ3) is 9.11. The summed E-state index contributed by atoms with van der Waals surface area (Å²) >= 11 is 1.91. The Kier molecular flexibility index (Phi) is 11.4. The van der Waals surface area contributed by atoms with Gasteiger partial charge in [-0.1, -0.05) is 0 Å². The Bertz CT molecular complexity index is 1680. The molecular weight excluding hydrogens is 725 g/mol. The van der Waals surface area contributed by atoms with Gasteiger partial charge >= 0.3 is 5.97 Å². The number of nitrogens with zero attached hydrogens (tertiary/aromatic N) is 1. The van der Waals surface area contributed by atoms with Gasteiger partial charge in [0.15, 0.2) is 0 Å². The van der Waals surface area contributed by atoms with Crippen molar-refractivity contribution in [3.8, 4) is 5.75 Å². The molecule has 0 bridgehead atoms. The van der Waals surface area contributed by atoms with E-state index in [-0.39, 0.29) is 47.0 Å². The number of carbonyl (C=O) groups excluding carboxylic acids is 3. The van der Waals surface area contributed by atoms with E-state index in [2.05, 4.69) is 15.0 Å². The summed E-state index contributed by atoms with van der Waals surface area (Å²) in [6.45, 7) is 14.6. The molecule has 0 radical (unpaired) electrons. The van der Waals surface area contributed by atoms with Gasteiger partial charge in [0.25, 0.3) is 15.9 Å². The highest BCUT2D eigenvalue weighted by atomic mass is 127. The van der Waals surface area contributed by atoms with E-state index in [1.165, 1.54) is 18.2 Å². The molecule has 0 saturated heterocycles. The molecule has 0 fully saturated rings. The van der Waals surface area contributed by atoms with Crippen molar-refractivity contribution in [3.63, 3.8) is 0 Å². The zero-order chi connectivity index (χ0) is 34.8. The molecule has 252 valence electrons. The standard InChI is InChI=1S/C32H44IN5O7S/c1-17-18(2)26(19(3)21-13-14-32(7,8)44-25(17)21)46(42,43)38-30(35)36-15-9-10-24(29(41)45-31(4,5)6)37-28(40)20-11-12-22(27(34)39)23(33)16-20/h11-12,16,24H,9-10,13-15H2,1-8H3,(H2,34,39)(H,37,40)(H3,35,36,38)/t24-/m0/s1. The van der Waals surface area contributed by atoms with Crippen molar-refractivity contribution in [3.05, 3.63) is 55.1 Å². The van der Waals surface area contributed by atoms with Crippen LogP contribution in [0, 0.1) is 24.3 Å². The molecular formula is C32H44IN5O7S. The fourth-order valence-electron chi connectivity index (χ4n) is 5.19. The number of primary amides is 1. The van der Waals surface area contributed by atoms with Crippen LogP contribution < -0.4 is 26.2 Å². The predicted octanol–water partition coefficient (Wildman–Crippen LogP) is 3.93. The highest BCUT2D eigenvalue weighted by molar-refractivity contribution is 14.1. The Balaban J connectivity index is 1.73. The minimum absolute atomic E-state index is 0.0683. The molecule has 14 heteroatoms. The lowest BCUT2D eigenvalue weighted by Gasteiger charge is -2.35. The van der Waals surface area contributed by atoms with E-state index in [1.54, 1.807) is 34.6 Å². The first-order valence-electron chi connectivity index (χ1n) is 14.9. The zero-order valence-corrected chi connectivity index (χ0v) is 30.6. The Labute approximate surface area is 284 Å². The molecule has 2 aromatic carbocycles. The number of nitrogens with two attached hydrogens (primary N) is 2. The maximum atomic E-state index is 13.5. The quantitative estimate of drug-likeness (QED) is 0.0919. The van der Waals surface area contributed by atoms with Crippen LogP contribution in [-0.4, -0.2) is 55.9 Å². The molecule has 0 aliphatic carbocycles. The summed E-state index contributed by atoms with van der Waals surface area (Å²) in [7, 11) is -4.07. The average molecular weight is 770 g/mol.